The topological polar surface area (TPSA) is 111 Å². The molecule has 0 aliphatic carbocycles. The van der Waals surface area contributed by atoms with Gasteiger partial charge in [-0.05, 0) is 12.5 Å². The number of pyridine rings is 1. The van der Waals surface area contributed by atoms with E-state index in [4.69, 9.17) is 11.5 Å². The van der Waals surface area contributed by atoms with Crippen LogP contribution in [0.2, 0.25) is 0 Å². The molecule has 0 aliphatic rings. The third kappa shape index (κ3) is 3.56. The lowest BCUT2D eigenvalue weighted by Crippen LogP contribution is -2.26. The van der Waals surface area contributed by atoms with Gasteiger partial charge in [-0.1, -0.05) is 0 Å². The lowest BCUT2D eigenvalue weighted by molar-refractivity contribution is -0.118. The van der Waals surface area contributed by atoms with Crippen molar-refractivity contribution in [3.8, 4) is 0 Å². The first-order chi connectivity index (χ1) is 7.61. The Labute approximate surface area is 93.0 Å². The van der Waals surface area contributed by atoms with Gasteiger partial charge in [0.1, 0.15) is 0 Å². The highest BCUT2D eigenvalue weighted by atomic mass is 16.2. The first kappa shape index (κ1) is 12.0. The molecule has 1 aromatic heterocycles. The van der Waals surface area contributed by atoms with Crippen LogP contribution in [0.5, 0.6) is 0 Å². The zero-order valence-corrected chi connectivity index (χ0v) is 8.77. The number of carbonyl (C=O) groups is 2. The van der Waals surface area contributed by atoms with Gasteiger partial charge < -0.3 is 16.8 Å². The molecule has 6 nitrogen and oxygen atoms in total. The molecule has 0 spiro atoms. The van der Waals surface area contributed by atoms with E-state index in [9.17, 15) is 9.59 Å². The predicted octanol–water partition coefficient (Wildman–Crippen LogP) is -0.341. The summed E-state index contributed by atoms with van der Waals surface area (Å²) in [7, 11) is 0. The Balaban J connectivity index is 2.41. The van der Waals surface area contributed by atoms with E-state index in [-0.39, 0.29) is 18.2 Å². The first-order valence-electron chi connectivity index (χ1n) is 4.87. The van der Waals surface area contributed by atoms with E-state index in [1.807, 2.05) is 0 Å². The van der Waals surface area contributed by atoms with E-state index in [2.05, 4.69) is 10.3 Å². The molecular weight excluding hydrogens is 208 g/mol. The van der Waals surface area contributed by atoms with Crippen LogP contribution in [0.1, 0.15) is 23.2 Å². The normalized spacial score (nSPS) is 9.75. The van der Waals surface area contributed by atoms with E-state index < -0.39 is 0 Å². The van der Waals surface area contributed by atoms with Crippen molar-refractivity contribution in [2.24, 2.45) is 5.73 Å². The van der Waals surface area contributed by atoms with Crippen LogP contribution >= 0.6 is 0 Å². The lowest BCUT2D eigenvalue weighted by Gasteiger charge is -2.05. The molecule has 6 heteroatoms. The summed E-state index contributed by atoms with van der Waals surface area (Å²) in [6.45, 7) is 0.385. The molecule has 0 bridgehead atoms. The standard InChI is InChI=1S/C10H14N4O2/c11-8-3-5-13-6-7(8)10(16)14-4-1-2-9(12)15/h3,5-6H,1-2,4H2,(H2,11,13)(H2,12,15)(H,14,16). The van der Waals surface area contributed by atoms with Crippen LogP contribution in [0.15, 0.2) is 18.5 Å². The highest BCUT2D eigenvalue weighted by Crippen LogP contribution is 2.07. The number of aromatic nitrogens is 1. The van der Waals surface area contributed by atoms with Crippen LogP contribution in [0.25, 0.3) is 0 Å². The number of hydrogen-bond donors (Lipinski definition) is 3. The number of nitrogens with one attached hydrogen (secondary N) is 1. The average molecular weight is 222 g/mol. The summed E-state index contributed by atoms with van der Waals surface area (Å²) >= 11 is 0. The van der Waals surface area contributed by atoms with E-state index in [1.54, 1.807) is 6.07 Å². The monoisotopic (exact) mass is 222 g/mol. The van der Waals surface area contributed by atoms with Crippen molar-refractivity contribution in [2.75, 3.05) is 12.3 Å². The molecular formula is C10H14N4O2. The van der Waals surface area contributed by atoms with Gasteiger partial charge in [0.2, 0.25) is 5.91 Å². The van der Waals surface area contributed by atoms with Gasteiger partial charge in [0.15, 0.2) is 0 Å². The third-order valence-corrected chi connectivity index (χ3v) is 1.98. The molecule has 16 heavy (non-hydrogen) atoms. The second kappa shape index (κ2) is 5.69. The zero-order chi connectivity index (χ0) is 12.0. The van der Waals surface area contributed by atoms with Crippen molar-refractivity contribution in [3.63, 3.8) is 0 Å². The number of hydrogen-bond acceptors (Lipinski definition) is 4. The number of nitrogen functional groups attached to an aromatic ring is 1. The van der Waals surface area contributed by atoms with E-state index in [0.29, 0.717) is 24.2 Å². The Morgan fingerprint density at radius 2 is 2.19 bits per heavy atom. The fourth-order valence-corrected chi connectivity index (χ4v) is 1.15. The quantitative estimate of drug-likeness (QED) is 0.591. The third-order valence-electron chi connectivity index (χ3n) is 1.98. The van der Waals surface area contributed by atoms with Crippen molar-refractivity contribution in [2.45, 2.75) is 12.8 Å². The summed E-state index contributed by atoms with van der Waals surface area (Å²) in [5.41, 5.74) is 11.3. The van der Waals surface area contributed by atoms with Crippen molar-refractivity contribution >= 4 is 17.5 Å². The van der Waals surface area contributed by atoms with Crippen molar-refractivity contribution in [1.82, 2.24) is 10.3 Å². The molecule has 0 aliphatic heterocycles. The van der Waals surface area contributed by atoms with Gasteiger partial charge in [-0.3, -0.25) is 14.6 Å². The van der Waals surface area contributed by atoms with Gasteiger partial charge in [0.25, 0.3) is 5.91 Å². The van der Waals surface area contributed by atoms with Crippen LogP contribution in [0.4, 0.5) is 5.69 Å². The molecule has 1 rings (SSSR count). The molecule has 5 N–H and O–H groups in total. The van der Waals surface area contributed by atoms with Crippen molar-refractivity contribution < 1.29 is 9.59 Å². The summed E-state index contributed by atoms with van der Waals surface area (Å²) < 4.78 is 0. The van der Waals surface area contributed by atoms with Gasteiger partial charge in [-0.2, -0.15) is 0 Å². The van der Waals surface area contributed by atoms with Gasteiger partial charge in [0.05, 0.1) is 5.56 Å². The van der Waals surface area contributed by atoms with Gasteiger partial charge >= 0.3 is 0 Å². The van der Waals surface area contributed by atoms with Crippen LogP contribution in [-0.2, 0) is 4.79 Å². The maximum atomic E-state index is 11.6. The molecule has 0 aromatic carbocycles. The Kier molecular flexibility index (Phi) is 4.26. The number of nitrogens with zero attached hydrogens (tertiary/aromatic N) is 1. The van der Waals surface area contributed by atoms with Crippen LogP contribution in [0.3, 0.4) is 0 Å². The first-order valence-corrected chi connectivity index (χ1v) is 4.87. The molecule has 0 unspecified atom stereocenters. The minimum Gasteiger partial charge on any atom is -0.398 e. The molecule has 0 fully saturated rings. The number of rotatable bonds is 5. The highest BCUT2D eigenvalue weighted by molar-refractivity contribution is 5.98. The summed E-state index contributed by atoms with van der Waals surface area (Å²) in [4.78, 5) is 25.8. The molecule has 1 aromatic rings. The predicted molar refractivity (Wildman–Crippen MR) is 59.4 cm³/mol. The van der Waals surface area contributed by atoms with Crippen molar-refractivity contribution in [1.29, 1.82) is 0 Å². The number of primary amides is 1. The van der Waals surface area contributed by atoms with Gasteiger partial charge in [-0.25, -0.2) is 0 Å². The number of nitrogens with two attached hydrogens (primary N) is 2. The summed E-state index contributed by atoms with van der Waals surface area (Å²) in [5.74, 6) is -0.676. The molecule has 0 saturated carbocycles. The average Bonchev–Trinajstić information content (AvgIpc) is 2.24. The van der Waals surface area contributed by atoms with Gasteiger partial charge in [0, 0.05) is 31.0 Å². The van der Waals surface area contributed by atoms with E-state index >= 15 is 0 Å². The van der Waals surface area contributed by atoms with Crippen LogP contribution in [0, 0.1) is 0 Å². The Bertz CT molecular complexity index is 392. The minimum atomic E-state index is -0.379. The summed E-state index contributed by atoms with van der Waals surface area (Å²) in [6, 6.07) is 1.55. The maximum Gasteiger partial charge on any atom is 0.254 e. The molecule has 0 atom stereocenters. The van der Waals surface area contributed by atoms with E-state index in [1.165, 1.54) is 12.4 Å². The number of anilines is 1. The number of amides is 2. The SMILES string of the molecule is NC(=O)CCCNC(=O)c1cnccc1N. The molecule has 2 amide bonds. The fraction of sp³-hybridized carbons (Fsp3) is 0.300. The molecule has 0 saturated heterocycles. The fourth-order valence-electron chi connectivity index (χ4n) is 1.15. The summed E-state index contributed by atoms with van der Waals surface area (Å²) in [6.07, 6.45) is 3.68. The van der Waals surface area contributed by atoms with E-state index in [0.717, 1.165) is 0 Å². The smallest absolute Gasteiger partial charge is 0.254 e. The minimum absolute atomic E-state index is 0.253. The zero-order valence-electron chi connectivity index (χ0n) is 8.77. The summed E-state index contributed by atoms with van der Waals surface area (Å²) in [5, 5.41) is 2.63. The molecule has 86 valence electrons. The Hall–Kier alpha value is -2.11. The lowest BCUT2D eigenvalue weighted by atomic mass is 10.2. The van der Waals surface area contributed by atoms with Crippen LogP contribution in [-0.4, -0.2) is 23.3 Å². The van der Waals surface area contributed by atoms with Crippen molar-refractivity contribution in [3.05, 3.63) is 24.0 Å². The Morgan fingerprint density at radius 1 is 1.44 bits per heavy atom. The molecule has 0 radical (unpaired) electrons. The highest BCUT2D eigenvalue weighted by Gasteiger charge is 2.08. The van der Waals surface area contributed by atoms with Crippen LogP contribution < -0.4 is 16.8 Å². The Morgan fingerprint density at radius 3 is 2.81 bits per heavy atom. The number of carbonyl (C=O) groups excluding carboxylic acids is 2. The van der Waals surface area contributed by atoms with Gasteiger partial charge in [-0.15, -0.1) is 0 Å². The molecule has 1 heterocycles. The second-order valence-corrected chi connectivity index (χ2v) is 3.29. The largest absolute Gasteiger partial charge is 0.398 e. The second-order valence-electron chi connectivity index (χ2n) is 3.29. The maximum absolute atomic E-state index is 11.6.